The molecular weight excluding hydrogens is 334 g/mol. The van der Waals surface area contributed by atoms with Gasteiger partial charge in [-0.1, -0.05) is 13.8 Å². The van der Waals surface area contributed by atoms with Crippen LogP contribution in [0.3, 0.4) is 0 Å². The number of nitrogens with zero attached hydrogens (tertiary/aromatic N) is 2. The van der Waals surface area contributed by atoms with E-state index in [0.29, 0.717) is 22.3 Å². The van der Waals surface area contributed by atoms with Crippen LogP contribution in [0, 0.1) is 6.92 Å². The van der Waals surface area contributed by atoms with Gasteiger partial charge in [0.15, 0.2) is 5.13 Å². The van der Waals surface area contributed by atoms with Crippen LogP contribution < -0.4 is 5.32 Å². The molecule has 0 aromatic carbocycles. The van der Waals surface area contributed by atoms with E-state index in [1.54, 1.807) is 12.3 Å². The molecule has 6 nitrogen and oxygen atoms in total. The molecule has 2 heterocycles. The summed E-state index contributed by atoms with van der Waals surface area (Å²) in [6.45, 7) is 8.00. The van der Waals surface area contributed by atoms with Gasteiger partial charge < -0.3 is 4.74 Å². The van der Waals surface area contributed by atoms with Crippen molar-refractivity contribution >= 4 is 39.7 Å². The second kappa shape index (κ2) is 7.65. The minimum absolute atomic E-state index is 0.108. The number of aryl methyl sites for hydroxylation is 1. The van der Waals surface area contributed by atoms with E-state index in [2.05, 4.69) is 15.3 Å². The van der Waals surface area contributed by atoms with Crippen LogP contribution in [0.25, 0.3) is 0 Å². The molecule has 0 saturated carbocycles. The molecule has 2 aromatic heterocycles. The number of hydrogen-bond donors (Lipinski definition) is 1. The van der Waals surface area contributed by atoms with Gasteiger partial charge in [-0.05, 0) is 19.8 Å². The first kappa shape index (κ1) is 17.6. The molecule has 0 aliphatic heterocycles. The minimum atomic E-state index is -0.323. The number of amides is 1. The largest absolute Gasteiger partial charge is 0.466 e. The number of carbonyl (C=O) groups excluding carboxylic acids is 2. The molecule has 2 rings (SSSR count). The van der Waals surface area contributed by atoms with Gasteiger partial charge in [-0.15, -0.1) is 22.7 Å². The molecule has 0 spiro atoms. The van der Waals surface area contributed by atoms with E-state index in [0.717, 1.165) is 10.7 Å². The van der Waals surface area contributed by atoms with Crippen LogP contribution in [0.5, 0.6) is 0 Å². The van der Waals surface area contributed by atoms with Crippen molar-refractivity contribution in [1.29, 1.82) is 0 Å². The fourth-order valence-electron chi connectivity index (χ4n) is 1.96. The van der Waals surface area contributed by atoms with E-state index < -0.39 is 0 Å². The van der Waals surface area contributed by atoms with E-state index >= 15 is 0 Å². The van der Waals surface area contributed by atoms with Crippen molar-refractivity contribution in [3.8, 4) is 0 Å². The Hall–Kier alpha value is -1.80. The number of hydrogen-bond acceptors (Lipinski definition) is 7. The highest BCUT2D eigenvalue weighted by Crippen LogP contribution is 2.26. The van der Waals surface area contributed by atoms with Gasteiger partial charge in [0.2, 0.25) is 0 Å². The lowest BCUT2D eigenvalue weighted by molar-refractivity contribution is -0.142. The Bertz CT molecular complexity index is 707. The zero-order valence-electron chi connectivity index (χ0n) is 13.5. The quantitative estimate of drug-likeness (QED) is 0.805. The summed E-state index contributed by atoms with van der Waals surface area (Å²) in [4.78, 5) is 33.1. The Morgan fingerprint density at radius 1 is 1.35 bits per heavy atom. The number of aromatic nitrogens is 2. The second-order valence-electron chi connectivity index (χ2n) is 5.18. The summed E-state index contributed by atoms with van der Waals surface area (Å²) in [5.41, 5.74) is 1.39. The van der Waals surface area contributed by atoms with Crippen LogP contribution in [0.15, 0.2) is 5.38 Å². The molecule has 124 valence electrons. The molecule has 0 aliphatic carbocycles. The summed E-state index contributed by atoms with van der Waals surface area (Å²) < 4.78 is 4.88. The first-order valence-electron chi connectivity index (χ1n) is 7.29. The van der Waals surface area contributed by atoms with Gasteiger partial charge in [-0.2, -0.15) is 0 Å². The average Bonchev–Trinajstić information content (AvgIpc) is 3.05. The highest BCUT2D eigenvalue weighted by molar-refractivity contribution is 7.15. The van der Waals surface area contributed by atoms with Crippen molar-refractivity contribution < 1.29 is 14.3 Å². The Morgan fingerprint density at radius 2 is 2.09 bits per heavy atom. The molecule has 0 fully saturated rings. The number of carbonyl (C=O) groups is 2. The van der Waals surface area contributed by atoms with E-state index in [9.17, 15) is 9.59 Å². The van der Waals surface area contributed by atoms with Crippen molar-refractivity contribution in [2.45, 2.75) is 40.0 Å². The summed E-state index contributed by atoms with van der Waals surface area (Å²) in [6, 6.07) is 0. The van der Waals surface area contributed by atoms with Crippen molar-refractivity contribution in [2.75, 3.05) is 11.9 Å². The topological polar surface area (TPSA) is 81.2 Å². The van der Waals surface area contributed by atoms with Crippen LogP contribution in [0.2, 0.25) is 0 Å². The molecule has 0 radical (unpaired) electrons. The number of thiazole rings is 2. The summed E-state index contributed by atoms with van der Waals surface area (Å²) in [5.74, 6) is -0.358. The van der Waals surface area contributed by atoms with Gasteiger partial charge in [0.25, 0.3) is 5.91 Å². The van der Waals surface area contributed by atoms with Crippen molar-refractivity contribution in [3.05, 3.63) is 26.7 Å². The number of esters is 1. The SMILES string of the molecule is CCOC(=O)Cc1csc(NC(=O)c2sc(C)nc2C(C)C)n1. The molecule has 1 amide bonds. The zero-order chi connectivity index (χ0) is 17.0. The Morgan fingerprint density at radius 3 is 2.74 bits per heavy atom. The predicted octanol–water partition coefficient (Wildman–Crippen LogP) is 3.39. The number of anilines is 1. The van der Waals surface area contributed by atoms with E-state index in [1.807, 2.05) is 20.8 Å². The lowest BCUT2D eigenvalue weighted by Crippen LogP contribution is -2.13. The molecule has 0 aliphatic rings. The van der Waals surface area contributed by atoms with Crippen LogP contribution in [0.1, 0.15) is 52.8 Å². The Kier molecular flexibility index (Phi) is 5.84. The van der Waals surface area contributed by atoms with Crippen LogP contribution in [-0.4, -0.2) is 28.5 Å². The zero-order valence-corrected chi connectivity index (χ0v) is 15.1. The van der Waals surface area contributed by atoms with Crippen molar-refractivity contribution in [1.82, 2.24) is 9.97 Å². The van der Waals surface area contributed by atoms with Gasteiger partial charge in [0.1, 0.15) is 4.88 Å². The normalized spacial score (nSPS) is 10.8. The summed E-state index contributed by atoms with van der Waals surface area (Å²) in [7, 11) is 0. The third-order valence-corrected chi connectivity index (χ3v) is 4.71. The third-order valence-electron chi connectivity index (χ3n) is 2.92. The maximum absolute atomic E-state index is 12.4. The van der Waals surface area contributed by atoms with E-state index in [-0.39, 0.29) is 24.2 Å². The average molecular weight is 353 g/mol. The van der Waals surface area contributed by atoms with Gasteiger partial charge in [0, 0.05) is 5.38 Å². The number of ether oxygens (including phenoxy) is 1. The van der Waals surface area contributed by atoms with Gasteiger partial charge in [-0.3, -0.25) is 14.9 Å². The molecule has 0 atom stereocenters. The molecule has 1 N–H and O–H groups in total. The lowest BCUT2D eigenvalue weighted by atomic mass is 10.1. The summed E-state index contributed by atoms with van der Waals surface area (Å²) in [6.07, 6.45) is 0.108. The minimum Gasteiger partial charge on any atom is -0.466 e. The molecular formula is C15H19N3O3S2. The lowest BCUT2D eigenvalue weighted by Gasteiger charge is -2.04. The molecule has 0 unspecified atom stereocenters. The molecule has 0 bridgehead atoms. The number of nitrogens with one attached hydrogen (secondary N) is 1. The van der Waals surface area contributed by atoms with E-state index in [1.165, 1.54) is 22.7 Å². The summed E-state index contributed by atoms with van der Waals surface area (Å²) in [5, 5.41) is 5.85. The standard InChI is InChI=1S/C15H19N3O3S2/c1-5-21-11(19)6-10-7-22-15(17-10)18-14(20)13-12(8(2)3)16-9(4)23-13/h7-8H,5-6H2,1-4H3,(H,17,18,20). The molecule has 0 saturated heterocycles. The molecule has 8 heteroatoms. The maximum atomic E-state index is 12.4. The van der Waals surface area contributed by atoms with E-state index in [4.69, 9.17) is 4.74 Å². The van der Waals surface area contributed by atoms with Crippen LogP contribution in [-0.2, 0) is 16.0 Å². The fraction of sp³-hybridized carbons (Fsp3) is 0.467. The van der Waals surface area contributed by atoms with Crippen LogP contribution in [0.4, 0.5) is 5.13 Å². The van der Waals surface area contributed by atoms with Gasteiger partial charge in [-0.25, -0.2) is 9.97 Å². The van der Waals surface area contributed by atoms with Gasteiger partial charge >= 0.3 is 5.97 Å². The first-order chi connectivity index (χ1) is 10.9. The highest BCUT2D eigenvalue weighted by atomic mass is 32.1. The van der Waals surface area contributed by atoms with Crippen molar-refractivity contribution in [2.24, 2.45) is 0 Å². The highest BCUT2D eigenvalue weighted by Gasteiger charge is 2.20. The van der Waals surface area contributed by atoms with Gasteiger partial charge in [0.05, 0.1) is 29.4 Å². The van der Waals surface area contributed by atoms with Crippen LogP contribution >= 0.6 is 22.7 Å². The fourth-order valence-corrected chi connectivity index (χ4v) is 3.63. The monoisotopic (exact) mass is 353 g/mol. The Balaban J connectivity index is 2.06. The number of rotatable bonds is 6. The molecule has 23 heavy (non-hydrogen) atoms. The predicted molar refractivity (Wildman–Crippen MR) is 91.3 cm³/mol. The first-order valence-corrected chi connectivity index (χ1v) is 8.99. The third kappa shape index (κ3) is 4.59. The maximum Gasteiger partial charge on any atom is 0.311 e. The summed E-state index contributed by atoms with van der Waals surface area (Å²) >= 11 is 2.66. The second-order valence-corrected chi connectivity index (χ2v) is 7.24. The molecule has 2 aromatic rings. The Labute approximate surface area is 142 Å². The smallest absolute Gasteiger partial charge is 0.311 e. The van der Waals surface area contributed by atoms with Crippen molar-refractivity contribution in [3.63, 3.8) is 0 Å².